The number of pyridine rings is 1. The predicted molar refractivity (Wildman–Crippen MR) is 106 cm³/mol. The van der Waals surface area contributed by atoms with Crippen LogP contribution in [0.4, 0.5) is 19.1 Å². The highest BCUT2D eigenvalue weighted by atomic mass is 19.4. The summed E-state index contributed by atoms with van der Waals surface area (Å²) in [6.07, 6.45) is -1.47. The summed E-state index contributed by atoms with van der Waals surface area (Å²) >= 11 is 0. The number of hydrogen-bond acceptors (Lipinski definition) is 6. The second-order valence-corrected chi connectivity index (χ2v) is 8.50. The van der Waals surface area contributed by atoms with Crippen molar-refractivity contribution < 1.29 is 18.0 Å². The molecule has 5 rings (SSSR count). The molecule has 1 fully saturated rings. The van der Waals surface area contributed by atoms with Crippen molar-refractivity contribution in [1.82, 2.24) is 25.2 Å². The van der Waals surface area contributed by atoms with Gasteiger partial charge in [0.05, 0.1) is 17.8 Å². The van der Waals surface area contributed by atoms with Crippen LogP contribution in [0.2, 0.25) is 0 Å². The van der Waals surface area contributed by atoms with E-state index < -0.39 is 11.7 Å². The van der Waals surface area contributed by atoms with Crippen LogP contribution in [0.3, 0.4) is 0 Å². The maximum atomic E-state index is 12.9. The average molecular weight is 432 g/mol. The number of fused-ring (bicyclic) bond motifs is 3. The van der Waals surface area contributed by atoms with Crippen molar-refractivity contribution in [2.75, 3.05) is 24.5 Å². The Morgan fingerprint density at radius 1 is 1.16 bits per heavy atom. The minimum Gasteiger partial charge on any atom is -0.340 e. The van der Waals surface area contributed by atoms with E-state index in [-0.39, 0.29) is 17.8 Å². The number of amides is 1. The molecule has 2 aromatic rings. The van der Waals surface area contributed by atoms with Crippen molar-refractivity contribution in [3.63, 3.8) is 0 Å². The zero-order chi connectivity index (χ0) is 21.8. The molecule has 31 heavy (non-hydrogen) atoms. The fourth-order valence-electron chi connectivity index (χ4n) is 4.67. The van der Waals surface area contributed by atoms with Crippen LogP contribution >= 0.6 is 0 Å². The van der Waals surface area contributed by atoms with E-state index in [1.807, 2.05) is 11.8 Å². The number of alkyl halides is 3. The van der Waals surface area contributed by atoms with E-state index in [2.05, 4.69) is 15.3 Å². The molecule has 0 radical (unpaired) electrons. The largest absolute Gasteiger partial charge is 0.419 e. The molecule has 0 saturated carbocycles. The summed E-state index contributed by atoms with van der Waals surface area (Å²) in [5, 5.41) is 3.41. The summed E-state index contributed by atoms with van der Waals surface area (Å²) in [7, 11) is 0. The molecule has 0 bridgehead atoms. The number of anilines is 1. The van der Waals surface area contributed by atoms with Crippen molar-refractivity contribution >= 4 is 11.9 Å². The van der Waals surface area contributed by atoms with Gasteiger partial charge in [-0.3, -0.25) is 9.78 Å². The summed E-state index contributed by atoms with van der Waals surface area (Å²) in [6, 6.07) is 0. The van der Waals surface area contributed by atoms with E-state index in [0.29, 0.717) is 32.6 Å². The second-order valence-electron chi connectivity index (χ2n) is 8.50. The average Bonchev–Trinajstić information content (AvgIpc) is 3.14. The van der Waals surface area contributed by atoms with Crippen molar-refractivity contribution in [2.45, 2.75) is 45.6 Å². The zero-order valence-corrected chi connectivity index (χ0v) is 17.2. The number of aryl methyl sites for hydroxylation is 1. The van der Waals surface area contributed by atoms with Crippen LogP contribution < -0.4 is 10.2 Å². The SMILES string of the molecule is Cc1nc2c(c3c1CCNC3)CN(C(=O)CC1CN(c3ncc(C(F)(F)F)cn3)C1)C2. The van der Waals surface area contributed by atoms with Crippen LogP contribution in [0.5, 0.6) is 0 Å². The third-order valence-electron chi connectivity index (χ3n) is 6.38. The number of nitrogens with one attached hydrogen (secondary N) is 1. The molecule has 3 aliphatic heterocycles. The van der Waals surface area contributed by atoms with Gasteiger partial charge in [0.1, 0.15) is 0 Å². The van der Waals surface area contributed by atoms with E-state index in [1.54, 1.807) is 4.90 Å². The molecule has 164 valence electrons. The molecule has 1 amide bonds. The summed E-state index contributed by atoms with van der Waals surface area (Å²) in [6.45, 7) is 6.10. The minimum atomic E-state index is -4.45. The quantitative estimate of drug-likeness (QED) is 0.802. The van der Waals surface area contributed by atoms with Gasteiger partial charge in [0, 0.05) is 56.6 Å². The number of halogens is 3. The van der Waals surface area contributed by atoms with Crippen LogP contribution in [0.1, 0.15) is 40.1 Å². The summed E-state index contributed by atoms with van der Waals surface area (Å²) < 4.78 is 37.9. The van der Waals surface area contributed by atoms with Crippen LogP contribution in [0.15, 0.2) is 12.4 Å². The molecular weight excluding hydrogens is 409 g/mol. The summed E-state index contributed by atoms with van der Waals surface area (Å²) in [5.74, 6) is 0.502. The Hall–Kier alpha value is -2.75. The Balaban J connectivity index is 1.18. The molecule has 10 heteroatoms. The lowest BCUT2D eigenvalue weighted by atomic mass is 9.94. The van der Waals surface area contributed by atoms with Gasteiger partial charge in [0.15, 0.2) is 0 Å². The third-order valence-corrected chi connectivity index (χ3v) is 6.38. The van der Waals surface area contributed by atoms with Gasteiger partial charge in [-0.15, -0.1) is 0 Å². The van der Waals surface area contributed by atoms with Gasteiger partial charge in [-0.25, -0.2) is 9.97 Å². The smallest absolute Gasteiger partial charge is 0.340 e. The standard InChI is InChI=1S/C21H23F3N6O/c1-12-15-2-3-25-7-16(15)17-10-29(11-18(17)28-12)19(31)4-13-8-30(9-13)20-26-5-14(6-27-20)21(22,23)24/h5-6,13,25H,2-4,7-11H2,1H3. The molecule has 1 saturated heterocycles. The van der Waals surface area contributed by atoms with Crippen molar-refractivity contribution in [3.8, 4) is 0 Å². The van der Waals surface area contributed by atoms with Crippen LogP contribution in [-0.2, 0) is 37.0 Å². The highest BCUT2D eigenvalue weighted by Crippen LogP contribution is 2.33. The Labute approximate surface area is 177 Å². The zero-order valence-electron chi connectivity index (χ0n) is 17.2. The molecule has 3 aliphatic rings. The van der Waals surface area contributed by atoms with Crippen LogP contribution in [-0.4, -0.2) is 45.4 Å². The van der Waals surface area contributed by atoms with Gasteiger partial charge in [0.2, 0.25) is 11.9 Å². The van der Waals surface area contributed by atoms with E-state index in [1.165, 1.54) is 16.7 Å². The van der Waals surface area contributed by atoms with E-state index in [9.17, 15) is 18.0 Å². The highest BCUT2D eigenvalue weighted by Gasteiger charge is 2.36. The van der Waals surface area contributed by atoms with Crippen molar-refractivity contribution in [2.24, 2.45) is 5.92 Å². The Morgan fingerprint density at radius 2 is 1.90 bits per heavy atom. The van der Waals surface area contributed by atoms with Gasteiger partial charge in [-0.05, 0) is 36.6 Å². The monoisotopic (exact) mass is 432 g/mol. The minimum absolute atomic E-state index is 0.0890. The maximum absolute atomic E-state index is 12.9. The van der Waals surface area contributed by atoms with Crippen molar-refractivity contribution in [1.29, 1.82) is 0 Å². The molecule has 7 nitrogen and oxygen atoms in total. The normalized spacial score (nSPS) is 18.6. The Kier molecular flexibility index (Phi) is 4.84. The van der Waals surface area contributed by atoms with Gasteiger partial charge < -0.3 is 15.1 Å². The lowest BCUT2D eigenvalue weighted by Crippen LogP contribution is -2.49. The molecule has 0 unspecified atom stereocenters. The topological polar surface area (TPSA) is 74.2 Å². The van der Waals surface area contributed by atoms with Gasteiger partial charge in [-0.1, -0.05) is 0 Å². The van der Waals surface area contributed by atoms with Gasteiger partial charge in [0.25, 0.3) is 0 Å². The number of aromatic nitrogens is 3. The predicted octanol–water partition coefficient (Wildman–Crippen LogP) is 2.21. The third kappa shape index (κ3) is 3.73. The lowest BCUT2D eigenvalue weighted by Gasteiger charge is -2.39. The Morgan fingerprint density at radius 3 is 2.61 bits per heavy atom. The Bertz CT molecular complexity index is 1020. The molecular formula is C21H23F3N6O. The first-order valence-electron chi connectivity index (χ1n) is 10.4. The van der Waals surface area contributed by atoms with E-state index in [4.69, 9.17) is 4.98 Å². The molecule has 0 spiro atoms. The van der Waals surface area contributed by atoms with E-state index in [0.717, 1.165) is 43.3 Å². The first-order valence-corrected chi connectivity index (χ1v) is 10.4. The summed E-state index contributed by atoms with van der Waals surface area (Å²) in [5.41, 5.74) is 5.02. The molecule has 0 aliphatic carbocycles. The molecule has 2 aromatic heterocycles. The molecule has 0 aromatic carbocycles. The van der Waals surface area contributed by atoms with E-state index >= 15 is 0 Å². The number of nitrogens with zero attached hydrogens (tertiary/aromatic N) is 5. The van der Waals surface area contributed by atoms with Crippen LogP contribution in [0.25, 0.3) is 0 Å². The number of carbonyl (C=O) groups excluding carboxylic acids is 1. The number of rotatable bonds is 3. The molecule has 5 heterocycles. The fourth-order valence-corrected chi connectivity index (χ4v) is 4.67. The molecule has 0 atom stereocenters. The van der Waals surface area contributed by atoms with Gasteiger partial charge >= 0.3 is 6.18 Å². The highest BCUT2D eigenvalue weighted by molar-refractivity contribution is 5.77. The first-order chi connectivity index (χ1) is 14.8. The van der Waals surface area contributed by atoms with Gasteiger partial charge in [-0.2, -0.15) is 13.2 Å². The van der Waals surface area contributed by atoms with Crippen molar-refractivity contribution in [3.05, 3.63) is 46.0 Å². The number of hydrogen-bond donors (Lipinski definition) is 1. The summed E-state index contributed by atoms with van der Waals surface area (Å²) in [4.78, 5) is 28.9. The maximum Gasteiger partial charge on any atom is 0.419 e. The number of carbonyl (C=O) groups is 1. The second kappa shape index (κ2) is 7.44. The lowest BCUT2D eigenvalue weighted by molar-refractivity contribution is -0.138. The first kappa shape index (κ1) is 20.2. The fraction of sp³-hybridized carbons (Fsp3) is 0.524. The molecule has 1 N–H and O–H groups in total. The van der Waals surface area contributed by atoms with Crippen LogP contribution in [0, 0.1) is 12.8 Å².